The lowest BCUT2D eigenvalue weighted by molar-refractivity contribution is 0.574. The average Bonchev–Trinajstić information content (AvgIpc) is 2.04. The van der Waals surface area contributed by atoms with E-state index >= 15 is 0 Å². The van der Waals surface area contributed by atoms with Gasteiger partial charge in [-0.05, 0) is 6.08 Å². The molecule has 0 saturated carbocycles. The van der Waals surface area contributed by atoms with Gasteiger partial charge in [-0.1, -0.05) is 6.58 Å². The zero-order valence-corrected chi connectivity index (χ0v) is 5.58. The second-order valence-corrected chi connectivity index (χ2v) is 1.74. The lowest BCUT2D eigenvalue weighted by atomic mass is 10.3. The molecular formula is C7H4FN3. The monoisotopic (exact) mass is 149 g/mol. The molecule has 1 aromatic heterocycles. The van der Waals surface area contributed by atoms with Crippen LogP contribution in [0.5, 0.6) is 0 Å². The van der Waals surface area contributed by atoms with Crippen molar-refractivity contribution in [1.82, 2.24) is 9.97 Å². The first kappa shape index (κ1) is 7.35. The first-order valence-corrected chi connectivity index (χ1v) is 2.83. The molecule has 0 spiro atoms. The molecular weight excluding hydrogens is 145 g/mol. The highest BCUT2D eigenvalue weighted by atomic mass is 19.1. The molecule has 0 aliphatic rings. The number of nitrogens with zero attached hydrogens (tertiary/aromatic N) is 3. The SMILES string of the molecule is C=Cc1nc(F)cnc1C#N. The standard InChI is InChI=1S/C7H4FN3/c1-2-5-6(3-9)10-4-7(8)11-5/h2,4H,1H2. The van der Waals surface area contributed by atoms with Crippen LogP contribution in [-0.4, -0.2) is 9.97 Å². The summed E-state index contributed by atoms with van der Waals surface area (Å²) in [6, 6.07) is 1.76. The van der Waals surface area contributed by atoms with E-state index in [4.69, 9.17) is 5.26 Å². The van der Waals surface area contributed by atoms with Crippen LogP contribution in [0.1, 0.15) is 11.4 Å². The number of hydrogen-bond donors (Lipinski definition) is 0. The van der Waals surface area contributed by atoms with Crippen LogP contribution < -0.4 is 0 Å². The Kier molecular flexibility index (Phi) is 1.93. The number of rotatable bonds is 1. The Labute approximate surface area is 62.8 Å². The Morgan fingerprint density at radius 3 is 3.00 bits per heavy atom. The van der Waals surface area contributed by atoms with Crippen LogP contribution >= 0.6 is 0 Å². The summed E-state index contributed by atoms with van der Waals surface area (Å²) in [5.74, 6) is -0.709. The third-order valence-electron chi connectivity index (χ3n) is 1.07. The zero-order chi connectivity index (χ0) is 8.27. The first-order valence-electron chi connectivity index (χ1n) is 2.83. The molecule has 0 saturated heterocycles. The Balaban J connectivity index is 3.30. The van der Waals surface area contributed by atoms with Gasteiger partial charge < -0.3 is 0 Å². The highest BCUT2D eigenvalue weighted by molar-refractivity contribution is 5.48. The molecule has 3 nitrogen and oxygen atoms in total. The Morgan fingerprint density at radius 1 is 1.73 bits per heavy atom. The van der Waals surface area contributed by atoms with Crippen LogP contribution in [0.25, 0.3) is 6.08 Å². The van der Waals surface area contributed by atoms with Crippen molar-refractivity contribution in [2.24, 2.45) is 0 Å². The fraction of sp³-hybridized carbons (Fsp3) is 0. The molecule has 0 radical (unpaired) electrons. The van der Waals surface area contributed by atoms with E-state index in [9.17, 15) is 4.39 Å². The highest BCUT2D eigenvalue weighted by Gasteiger charge is 2.01. The average molecular weight is 149 g/mol. The molecule has 0 fully saturated rings. The Bertz CT molecular complexity index is 327. The summed E-state index contributed by atoms with van der Waals surface area (Å²) in [4.78, 5) is 6.89. The quantitative estimate of drug-likeness (QED) is 0.601. The third kappa shape index (κ3) is 1.38. The topological polar surface area (TPSA) is 49.6 Å². The molecule has 1 aromatic rings. The van der Waals surface area contributed by atoms with Crippen LogP contribution in [0.15, 0.2) is 12.8 Å². The smallest absolute Gasteiger partial charge is 0.231 e. The second kappa shape index (κ2) is 2.88. The van der Waals surface area contributed by atoms with Crippen LogP contribution in [-0.2, 0) is 0 Å². The van der Waals surface area contributed by atoms with Crippen LogP contribution in [0.3, 0.4) is 0 Å². The zero-order valence-electron chi connectivity index (χ0n) is 5.58. The molecule has 1 rings (SSSR count). The summed E-state index contributed by atoms with van der Waals surface area (Å²) in [5.41, 5.74) is 0.258. The minimum Gasteiger partial charge on any atom is -0.239 e. The molecule has 0 unspecified atom stereocenters. The molecule has 0 amide bonds. The van der Waals surface area contributed by atoms with E-state index in [0.717, 1.165) is 6.20 Å². The molecule has 4 heteroatoms. The van der Waals surface area contributed by atoms with Gasteiger partial charge in [0.1, 0.15) is 11.8 Å². The lowest BCUT2D eigenvalue weighted by Gasteiger charge is -1.93. The molecule has 0 atom stereocenters. The number of hydrogen-bond acceptors (Lipinski definition) is 3. The van der Waals surface area contributed by atoms with Crippen molar-refractivity contribution >= 4 is 6.08 Å². The molecule has 1 heterocycles. The van der Waals surface area contributed by atoms with Crippen molar-refractivity contribution in [3.05, 3.63) is 30.1 Å². The summed E-state index contributed by atoms with van der Waals surface area (Å²) in [6.45, 7) is 3.36. The summed E-state index contributed by atoms with van der Waals surface area (Å²) in [6.07, 6.45) is 2.18. The molecule has 0 aliphatic heterocycles. The van der Waals surface area contributed by atoms with Crippen molar-refractivity contribution in [1.29, 1.82) is 5.26 Å². The highest BCUT2D eigenvalue weighted by Crippen LogP contribution is 2.02. The van der Waals surface area contributed by atoms with Gasteiger partial charge in [0, 0.05) is 0 Å². The first-order chi connectivity index (χ1) is 5.27. The fourth-order valence-electron chi connectivity index (χ4n) is 0.609. The summed E-state index contributed by atoms with van der Waals surface area (Å²) < 4.78 is 12.3. The maximum atomic E-state index is 12.3. The van der Waals surface area contributed by atoms with Crippen LogP contribution in [0.4, 0.5) is 4.39 Å². The van der Waals surface area contributed by atoms with Gasteiger partial charge >= 0.3 is 0 Å². The second-order valence-electron chi connectivity index (χ2n) is 1.74. The summed E-state index contributed by atoms with van der Waals surface area (Å²) >= 11 is 0. The van der Waals surface area contributed by atoms with Crippen molar-refractivity contribution in [2.45, 2.75) is 0 Å². The normalized spacial score (nSPS) is 8.73. The third-order valence-corrected chi connectivity index (χ3v) is 1.07. The van der Waals surface area contributed by atoms with Crippen LogP contribution in [0, 0.1) is 17.3 Å². The largest absolute Gasteiger partial charge is 0.239 e. The molecule has 0 bridgehead atoms. The number of nitriles is 1. The van der Waals surface area contributed by atoms with Crippen molar-refractivity contribution in [3.8, 4) is 6.07 Å². The van der Waals surface area contributed by atoms with Gasteiger partial charge in [-0.3, -0.25) is 0 Å². The van der Waals surface area contributed by atoms with Gasteiger partial charge in [-0.2, -0.15) is 9.65 Å². The van der Waals surface area contributed by atoms with Gasteiger partial charge in [0.05, 0.1) is 6.20 Å². The van der Waals surface area contributed by atoms with Gasteiger partial charge in [0.15, 0.2) is 5.69 Å². The Hall–Kier alpha value is -1.76. The van der Waals surface area contributed by atoms with E-state index in [0.29, 0.717) is 0 Å². The predicted octanol–water partition coefficient (Wildman–Crippen LogP) is 1.13. The molecule has 11 heavy (non-hydrogen) atoms. The predicted molar refractivity (Wildman–Crippen MR) is 36.8 cm³/mol. The minimum atomic E-state index is -0.709. The van der Waals surface area contributed by atoms with Crippen molar-refractivity contribution < 1.29 is 4.39 Å². The van der Waals surface area contributed by atoms with Gasteiger partial charge in [-0.15, -0.1) is 0 Å². The van der Waals surface area contributed by atoms with E-state index in [1.54, 1.807) is 6.07 Å². The van der Waals surface area contributed by atoms with Crippen molar-refractivity contribution in [2.75, 3.05) is 0 Å². The minimum absolute atomic E-state index is 0.0846. The number of aromatic nitrogens is 2. The fourth-order valence-corrected chi connectivity index (χ4v) is 0.609. The summed E-state index contributed by atoms with van der Waals surface area (Å²) in [7, 11) is 0. The van der Waals surface area contributed by atoms with Crippen molar-refractivity contribution in [3.63, 3.8) is 0 Å². The Morgan fingerprint density at radius 2 is 2.45 bits per heavy atom. The van der Waals surface area contributed by atoms with E-state index in [1.807, 2.05) is 0 Å². The molecule has 0 aliphatic carbocycles. The molecule has 0 aromatic carbocycles. The molecule has 0 N–H and O–H groups in total. The van der Waals surface area contributed by atoms with E-state index in [1.165, 1.54) is 6.08 Å². The number of halogens is 1. The van der Waals surface area contributed by atoms with E-state index in [-0.39, 0.29) is 11.4 Å². The maximum Gasteiger partial charge on any atom is 0.231 e. The molecule has 54 valence electrons. The van der Waals surface area contributed by atoms with E-state index in [2.05, 4.69) is 16.5 Å². The summed E-state index contributed by atoms with van der Waals surface area (Å²) in [5, 5.41) is 8.42. The van der Waals surface area contributed by atoms with Gasteiger partial charge in [0.25, 0.3) is 0 Å². The van der Waals surface area contributed by atoms with E-state index < -0.39 is 5.95 Å². The van der Waals surface area contributed by atoms with Gasteiger partial charge in [-0.25, -0.2) is 9.97 Å². The maximum absolute atomic E-state index is 12.3. The van der Waals surface area contributed by atoms with Crippen LogP contribution in [0.2, 0.25) is 0 Å². The lowest BCUT2D eigenvalue weighted by Crippen LogP contribution is -1.94. The van der Waals surface area contributed by atoms with Gasteiger partial charge in [0.2, 0.25) is 5.95 Å².